The summed E-state index contributed by atoms with van der Waals surface area (Å²) in [6.07, 6.45) is 2.92. The van der Waals surface area contributed by atoms with E-state index in [0.717, 1.165) is 17.7 Å². The molecular formula is C15H17ClF2N4O3. The van der Waals surface area contributed by atoms with Gasteiger partial charge in [-0.1, -0.05) is 11.6 Å². The number of hydrogen-bond donors (Lipinski definition) is 0. The van der Waals surface area contributed by atoms with Crippen molar-refractivity contribution in [3.8, 4) is 6.01 Å². The highest BCUT2D eigenvalue weighted by Gasteiger charge is 2.45. The van der Waals surface area contributed by atoms with Crippen LogP contribution in [0, 0.1) is 0 Å². The van der Waals surface area contributed by atoms with Crippen molar-refractivity contribution in [2.24, 2.45) is 0 Å². The van der Waals surface area contributed by atoms with Gasteiger partial charge in [0.15, 0.2) is 0 Å². The van der Waals surface area contributed by atoms with Gasteiger partial charge in [0, 0.05) is 25.9 Å². The molecule has 0 aliphatic carbocycles. The van der Waals surface area contributed by atoms with Crippen molar-refractivity contribution < 1.29 is 23.1 Å². The minimum atomic E-state index is -3.10. The fraction of sp³-hybridized carbons (Fsp3) is 0.600. The van der Waals surface area contributed by atoms with Crippen LogP contribution in [0.5, 0.6) is 6.01 Å². The number of nitrogens with zero attached hydrogens (tertiary/aromatic N) is 4. The summed E-state index contributed by atoms with van der Waals surface area (Å²) >= 11 is 5.64. The van der Waals surface area contributed by atoms with E-state index < -0.39 is 31.0 Å². The zero-order valence-electron chi connectivity index (χ0n) is 13.3. The molecule has 2 fully saturated rings. The molecule has 136 valence electrons. The first kappa shape index (κ1) is 17.8. The topological polar surface area (TPSA) is 75.6 Å². The maximum absolute atomic E-state index is 14.1. The summed E-state index contributed by atoms with van der Waals surface area (Å²) in [4.78, 5) is 34.0. The lowest BCUT2D eigenvalue weighted by atomic mass is 9.98. The van der Waals surface area contributed by atoms with Crippen molar-refractivity contribution in [3.05, 3.63) is 17.4 Å². The molecule has 25 heavy (non-hydrogen) atoms. The molecule has 7 nitrogen and oxygen atoms in total. The molecule has 0 bridgehead atoms. The largest absolute Gasteiger partial charge is 0.417 e. The minimum absolute atomic E-state index is 0.00620. The normalized spacial score (nSPS) is 23.5. The Morgan fingerprint density at radius 2 is 2.04 bits per heavy atom. The summed E-state index contributed by atoms with van der Waals surface area (Å²) in [5.74, 6) is -3.25. The smallest absolute Gasteiger partial charge is 0.374 e. The van der Waals surface area contributed by atoms with Gasteiger partial charge in [-0.2, -0.15) is 0 Å². The first-order valence-electron chi connectivity index (χ1n) is 7.96. The third kappa shape index (κ3) is 4.33. The molecule has 0 N–H and O–H groups in total. The molecule has 1 aromatic heterocycles. The first-order chi connectivity index (χ1) is 11.8. The SMILES string of the molecule is O=C(Oc1ncc(Cl)cn1)N1C[C@H](N2CCCCC2=O)CC(F)(F)C1. The van der Waals surface area contributed by atoms with Crippen LogP contribution in [0.2, 0.25) is 5.02 Å². The molecule has 2 aliphatic rings. The van der Waals surface area contributed by atoms with Gasteiger partial charge in [0.05, 0.1) is 30.0 Å². The third-order valence-electron chi connectivity index (χ3n) is 4.22. The van der Waals surface area contributed by atoms with E-state index in [4.69, 9.17) is 16.3 Å². The van der Waals surface area contributed by atoms with Crippen molar-refractivity contribution >= 4 is 23.6 Å². The number of aromatic nitrogens is 2. The van der Waals surface area contributed by atoms with Gasteiger partial charge in [-0.15, -0.1) is 0 Å². The summed E-state index contributed by atoms with van der Waals surface area (Å²) in [5.41, 5.74) is 0. The monoisotopic (exact) mass is 374 g/mol. The molecule has 1 atom stereocenters. The van der Waals surface area contributed by atoms with Crippen LogP contribution < -0.4 is 4.74 Å². The zero-order chi connectivity index (χ0) is 18.0. The molecule has 0 spiro atoms. The Labute approximate surface area is 147 Å². The number of carbonyl (C=O) groups is 2. The minimum Gasteiger partial charge on any atom is -0.374 e. The second-order valence-corrected chi connectivity index (χ2v) is 6.63. The number of halogens is 3. The van der Waals surface area contributed by atoms with Crippen molar-refractivity contribution in [1.29, 1.82) is 0 Å². The predicted octanol–water partition coefficient (Wildman–Crippen LogP) is 2.35. The Morgan fingerprint density at radius 3 is 2.72 bits per heavy atom. The van der Waals surface area contributed by atoms with E-state index in [-0.39, 0.29) is 23.5 Å². The van der Waals surface area contributed by atoms with Gasteiger partial charge in [-0.05, 0) is 12.8 Å². The van der Waals surface area contributed by atoms with E-state index in [1.165, 1.54) is 17.3 Å². The van der Waals surface area contributed by atoms with Crippen LogP contribution in [-0.4, -0.2) is 63.4 Å². The lowest BCUT2D eigenvalue weighted by Gasteiger charge is -2.43. The maximum Gasteiger partial charge on any atom is 0.417 e. The first-order valence-corrected chi connectivity index (χ1v) is 8.33. The fourth-order valence-corrected chi connectivity index (χ4v) is 3.23. The fourth-order valence-electron chi connectivity index (χ4n) is 3.13. The van der Waals surface area contributed by atoms with Gasteiger partial charge in [0.1, 0.15) is 0 Å². The van der Waals surface area contributed by atoms with Crippen LogP contribution in [0.25, 0.3) is 0 Å². The Bertz CT molecular complexity index is 659. The van der Waals surface area contributed by atoms with Crippen LogP contribution in [0.1, 0.15) is 25.7 Å². The summed E-state index contributed by atoms with van der Waals surface area (Å²) in [7, 11) is 0. The molecule has 0 saturated carbocycles. The third-order valence-corrected chi connectivity index (χ3v) is 4.42. The Morgan fingerprint density at radius 1 is 1.32 bits per heavy atom. The second kappa shape index (κ2) is 7.07. The van der Waals surface area contributed by atoms with E-state index in [1.54, 1.807) is 0 Å². The van der Waals surface area contributed by atoms with Crippen LogP contribution in [0.3, 0.4) is 0 Å². The highest BCUT2D eigenvalue weighted by Crippen LogP contribution is 2.31. The molecule has 1 aromatic rings. The summed E-state index contributed by atoms with van der Waals surface area (Å²) in [6.45, 7) is -0.339. The lowest BCUT2D eigenvalue weighted by molar-refractivity contribution is -0.142. The molecule has 3 rings (SSSR count). The van der Waals surface area contributed by atoms with E-state index in [0.29, 0.717) is 13.0 Å². The highest BCUT2D eigenvalue weighted by atomic mass is 35.5. The van der Waals surface area contributed by atoms with Crippen LogP contribution in [-0.2, 0) is 4.79 Å². The van der Waals surface area contributed by atoms with E-state index >= 15 is 0 Å². The maximum atomic E-state index is 14.1. The molecule has 0 radical (unpaired) electrons. The summed E-state index contributed by atoms with van der Waals surface area (Å²) in [6, 6.07) is -0.996. The van der Waals surface area contributed by atoms with Gasteiger partial charge in [-0.25, -0.2) is 23.5 Å². The van der Waals surface area contributed by atoms with Gasteiger partial charge in [-0.3, -0.25) is 9.69 Å². The quantitative estimate of drug-likeness (QED) is 0.794. The van der Waals surface area contributed by atoms with E-state index in [2.05, 4.69) is 9.97 Å². The number of amides is 2. The van der Waals surface area contributed by atoms with Gasteiger partial charge >= 0.3 is 12.1 Å². The standard InChI is InChI=1S/C15H17ClF2N4O3/c16-10-6-19-13(20-7-10)25-14(24)21-8-11(5-15(17,18)9-21)22-4-2-1-3-12(22)23/h6-7,11H,1-5,8-9H2/t11-/m1/s1. The van der Waals surface area contributed by atoms with Crippen LogP contribution in [0.4, 0.5) is 13.6 Å². The van der Waals surface area contributed by atoms with Crippen molar-refractivity contribution in [2.75, 3.05) is 19.6 Å². The Kier molecular flexibility index (Phi) is 5.03. The summed E-state index contributed by atoms with van der Waals surface area (Å²) in [5, 5.41) is 0.257. The number of likely N-dealkylation sites (tertiary alicyclic amines) is 2. The number of piperidine rings is 2. The molecular weight excluding hydrogens is 358 g/mol. The molecule has 0 unspecified atom stereocenters. The zero-order valence-corrected chi connectivity index (χ0v) is 14.1. The average Bonchev–Trinajstić information content (AvgIpc) is 2.56. The predicted molar refractivity (Wildman–Crippen MR) is 83.6 cm³/mol. The average molecular weight is 375 g/mol. The number of alkyl halides is 2. The number of ether oxygens (including phenoxy) is 1. The van der Waals surface area contributed by atoms with Crippen molar-refractivity contribution in [1.82, 2.24) is 19.8 Å². The number of hydrogen-bond acceptors (Lipinski definition) is 5. The molecule has 3 heterocycles. The van der Waals surface area contributed by atoms with Gasteiger partial charge < -0.3 is 9.64 Å². The molecule has 2 aliphatic heterocycles. The van der Waals surface area contributed by atoms with E-state index in [1.807, 2.05) is 0 Å². The second-order valence-electron chi connectivity index (χ2n) is 6.19. The van der Waals surface area contributed by atoms with Crippen molar-refractivity contribution in [3.63, 3.8) is 0 Å². The lowest BCUT2D eigenvalue weighted by Crippen LogP contribution is -2.59. The summed E-state index contributed by atoms with van der Waals surface area (Å²) < 4.78 is 33.1. The van der Waals surface area contributed by atoms with Gasteiger partial charge in [0.25, 0.3) is 5.92 Å². The molecule has 10 heteroatoms. The molecule has 2 amide bonds. The Balaban J connectivity index is 1.70. The van der Waals surface area contributed by atoms with Crippen LogP contribution >= 0.6 is 11.6 Å². The highest BCUT2D eigenvalue weighted by molar-refractivity contribution is 6.30. The molecule has 2 saturated heterocycles. The van der Waals surface area contributed by atoms with Crippen LogP contribution in [0.15, 0.2) is 12.4 Å². The number of rotatable bonds is 2. The Hall–Kier alpha value is -2.03. The number of carbonyl (C=O) groups excluding carboxylic acids is 2. The molecule has 0 aromatic carbocycles. The van der Waals surface area contributed by atoms with Crippen molar-refractivity contribution in [2.45, 2.75) is 37.6 Å². The van der Waals surface area contributed by atoms with E-state index in [9.17, 15) is 18.4 Å². The van der Waals surface area contributed by atoms with Gasteiger partial charge in [0.2, 0.25) is 5.91 Å².